The normalized spacial score (nSPS) is 22.8. The van der Waals surface area contributed by atoms with Crippen molar-refractivity contribution in [3.63, 3.8) is 0 Å². The molecular weight excluding hydrogens is 306 g/mol. The Morgan fingerprint density at radius 3 is 2.71 bits per heavy atom. The van der Waals surface area contributed by atoms with Gasteiger partial charge in [-0.15, -0.1) is 0 Å². The topological polar surface area (TPSA) is 79.3 Å². The van der Waals surface area contributed by atoms with Crippen LogP contribution in [0.25, 0.3) is 0 Å². The van der Waals surface area contributed by atoms with Crippen LogP contribution in [0.15, 0.2) is 43.1 Å². The summed E-state index contributed by atoms with van der Waals surface area (Å²) >= 11 is 0. The zero-order chi connectivity index (χ0) is 16.5. The van der Waals surface area contributed by atoms with Gasteiger partial charge < -0.3 is 9.80 Å². The van der Waals surface area contributed by atoms with E-state index in [0.29, 0.717) is 31.9 Å². The number of carbonyl (C=O) groups is 2. The molecule has 0 spiro atoms. The van der Waals surface area contributed by atoms with Crippen LogP contribution in [0.5, 0.6) is 0 Å². The molecule has 0 aliphatic carbocycles. The molecule has 4 heterocycles. The van der Waals surface area contributed by atoms with Crippen LogP contribution in [0.3, 0.4) is 0 Å². The Hall–Kier alpha value is -2.83. The van der Waals surface area contributed by atoms with E-state index < -0.39 is 0 Å². The van der Waals surface area contributed by atoms with E-state index in [4.69, 9.17) is 0 Å². The number of aromatic nitrogens is 3. The van der Waals surface area contributed by atoms with Crippen molar-refractivity contribution in [2.45, 2.75) is 6.54 Å². The van der Waals surface area contributed by atoms with Crippen molar-refractivity contribution in [1.29, 1.82) is 0 Å². The van der Waals surface area contributed by atoms with E-state index in [-0.39, 0.29) is 23.7 Å². The minimum Gasteiger partial charge on any atom is -0.338 e. The number of nitrogens with zero attached hydrogens (tertiary/aromatic N) is 5. The largest absolute Gasteiger partial charge is 0.338 e. The fraction of sp³-hybridized carbons (Fsp3) is 0.353. The van der Waals surface area contributed by atoms with E-state index in [2.05, 4.69) is 15.0 Å². The third kappa shape index (κ3) is 2.62. The van der Waals surface area contributed by atoms with Crippen molar-refractivity contribution in [1.82, 2.24) is 24.8 Å². The summed E-state index contributed by atoms with van der Waals surface area (Å²) in [5.74, 6) is 0.0551. The van der Waals surface area contributed by atoms with Gasteiger partial charge in [0.15, 0.2) is 0 Å². The third-order valence-corrected chi connectivity index (χ3v) is 4.69. The molecule has 2 saturated heterocycles. The van der Waals surface area contributed by atoms with Gasteiger partial charge in [0.25, 0.3) is 5.91 Å². The van der Waals surface area contributed by atoms with E-state index in [0.717, 1.165) is 5.56 Å². The summed E-state index contributed by atoms with van der Waals surface area (Å²) in [5, 5.41) is 0. The molecule has 0 unspecified atom stereocenters. The summed E-state index contributed by atoms with van der Waals surface area (Å²) in [6.07, 6.45) is 8.01. The second-order valence-electron chi connectivity index (χ2n) is 6.25. The Morgan fingerprint density at radius 2 is 2.00 bits per heavy atom. The van der Waals surface area contributed by atoms with Crippen LogP contribution in [0.1, 0.15) is 16.1 Å². The molecule has 2 atom stereocenters. The molecule has 0 N–H and O–H groups in total. The Balaban J connectivity index is 1.42. The summed E-state index contributed by atoms with van der Waals surface area (Å²) in [4.78, 5) is 40.7. The van der Waals surface area contributed by atoms with Crippen LogP contribution in [-0.2, 0) is 11.3 Å². The first-order valence-corrected chi connectivity index (χ1v) is 7.95. The molecule has 7 heteroatoms. The molecular formula is C17H17N5O2. The Morgan fingerprint density at radius 1 is 1.12 bits per heavy atom. The quantitative estimate of drug-likeness (QED) is 0.826. The van der Waals surface area contributed by atoms with Gasteiger partial charge in [-0.05, 0) is 11.6 Å². The molecule has 0 radical (unpaired) electrons. The lowest BCUT2D eigenvalue weighted by molar-refractivity contribution is -0.131. The SMILES string of the molecule is O=C(c1cnccn1)N1C[C@@H]2CN(Cc3cccnc3)C(=O)[C@@H]2C1. The van der Waals surface area contributed by atoms with Crippen molar-refractivity contribution in [3.8, 4) is 0 Å². The number of pyridine rings is 1. The van der Waals surface area contributed by atoms with Crippen molar-refractivity contribution < 1.29 is 9.59 Å². The second kappa shape index (κ2) is 5.99. The summed E-state index contributed by atoms with van der Waals surface area (Å²) in [7, 11) is 0. The van der Waals surface area contributed by atoms with E-state index in [1.807, 2.05) is 17.0 Å². The summed E-state index contributed by atoms with van der Waals surface area (Å²) < 4.78 is 0. The van der Waals surface area contributed by atoms with Crippen LogP contribution in [0.4, 0.5) is 0 Å². The van der Waals surface area contributed by atoms with Gasteiger partial charge in [0, 0.05) is 56.9 Å². The van der Waals surface area contributed by atoms with Crippen molar-refractivity contribution in [2.75, 3.05) is 19.6 Å². The smallest absolute Gasteiger partial charge is 0.274 e. The van der Waals surface area contributed by atoms with Gasteiger partial charge in [-0.3, -0.25) is 19.6 Å². The highest BCUT2D eigenvalue weighted by molar-refractivity contribution is 5.93. The lowest BCUT2D eigenvalue weighted by atomic mass is 10.0. The average molecular weight is 323 g/mol. The molecule has 0 aromatic carbocycles. The number of hydrogen-bond acceptors (Lipinski definition) is 5. The third-order valence-electron chi connectivity index (χ3n) is 4.69. The predicted octanol–water partition coefficient (Wildman–Crippen LogP) is 0.602. The number of carbonyl (C=O) groups excluding carboxylic acids is 2. The van der Waals surface area contributed by atoms with Gasteiger partial charge in [0.2, 0.25) is 5.91 Å². The van der Waals surface area contributed by atoms with E-state index >= 15 is 0 Å². The van der Waals surface area contributed by atoms with E-state index in [1.165, 1.54) is 18.6 Å². The van der Waals surface area contributed by atoms with Crippen molar-refractivity contribution >= 4 is 11.8 Å². The molecule has 0 saturated carbocycles. The lowest BCUT2D eigenvalue weighted by Crippen LogP contribution is -2.35. The van der Waals surface area contributed by atoms with Gasteiger partial charge in [0.1, 0.15) is 5.69 Å². The standard InChI is InChI=1S/C17H17N5O2/c23-16-14-11-22(17(24)15-7-19-4-5-20-15)10-13(14)9-21(16)8-12-2-1-3-18-6-12/h1-7,13-14H,8-11H2/t13-,14+/m0/s1. The van der Waals surface area contributed by atoms with Crippen molar-refractivity contribution in [2.24, 2.45) is 11.8 Å². The van der Waals surface area contributed by atoms with Crippen LogP contribution in [0.2, 0.25) is 0 Å². The highest BCUT2D eigenvalue weighted by Crippen LogP contribution is 2.33. The molecule has 2 aromatic rings. The first kappa shape index (κ1) is 14.7. The zero-order valence-corrected chi connectivity index (χ0v) is 13.1. The first-order valence-electron chi connectivity index (χ1n) is 7.95. The molecule has 122 valence electrons. The average Bonchev–Trinajstić information content (AvgIpc) is 3.16. The summed E-state index contributed by atoms with van der Waals surface area (Å²) in [5.41, 5.74) is 1.36. The Kier molecular flexibility index (Phi) is 3.68. The van der Waals surface area contributed by atoms with Crippen molar-refractivity contribution in [3.05, 3.63) is 54.4 Å². The molecule has 7 nitrogen and oxygen atoms in total. The number of fused-ring (bicyclic) bond motifs is 1. The van der Waals surface area contributed by atoms with Crippen LogP contribution >= 0.6 is 0 Å². The molecule has 2 aliphatic heterocycles. The molecule has 0 bridgehead atoms. The second-order valence-corrected chi connectivity index (χ2v) is 6.25. The maximum absolute atomic E-state index is 12.6. The minimum atomic E-state index is -0.149. The maximum atomic E-state index is 12.6. The van der Waals surface area contributed by atoms with Gasteiger partial charge in [-0.25, -0.2) is 4.98 Å². The van der Waals surface area contributed by atoms with E-state index in [9.17, 15) is 9.59 Å². The Bertz CT molecular complexity index is 752. The minimum absolute atomic E-state index is 0.109. The molecule has 2 amide bonds. The van der Waals surface area contributed by atoms with Crippen LogP contribution in [-0.4, -0.2) is 56.2 Å². The highest BCUT2D eigenvalue weighted by Gasteiger charge is 2.47. The van der Waals surface area contributed by atoms with Gasteiger partial charge in [-0.1, -0.05) is 6.07 Å². The predicted molar refractivity (Wildman–Crippen MR) is 84.6 cm³/mol. The molecule has 24 heavy (non-hydrogen) atoms. The van der Waals surface area contributed by atoms with Gasteiger partial charge in [-0.2, -0.15) is 0 Å². The first-order chi connectivity index (χ1) is 11.7. The lowest BCUT2D eigenvalue weighted by Gasteiger charge is -2.21. The highest BCUT2D eigenvalue weighted by atomic mass is 16.2. The molecule has 2 aliphatic rings. The maximum Gasteiger partial charge on any atom is 0.274 e. The summed E-state index contributed by atoms with van der Waals surface area (Å²) in [6.45, 7) is 2.32. The fourth-order valence-electron chi connectivity index (χ4n) is 3.54. The monoisotopic (exact) mass is 323 g/mol. The van der Waals surface area contributed by atoms with Crippen LogP contribution < -0.4 is 0 Å². The number of amides is 2. The molecule has 4 rings (SSSR count). The number of hydrogen-bond donors (Lipinski definition) is 0. The zero-order valence-electron chi connectivity index (χ0n) is 13.1. The summed E-state index contributed by atoms with van der Waals surface area (Å²) in [6, 6.07) is 3.84. The van der Waals surface area contributed by atoms with Gasteiger partial charge in [0.05, 0.1) is 12.1 Å². The number of rotatable bonds is 3. The fourth-order valence-corrected chi connectivity index (χ4v) is 3.54. The number of likely N-dealkylation sites (tertiary alicyclic amines) is 2. The Labute approximate surface area is 139 Å². The van der Waals surface area contributed by atoms with E-state index in [1.54, 1.807) is 17.3 Å². The molecule has 2 aromatic heterocycles. The molecule has 2 fully saturated rings. The van der Waals surface area contributed by atoms with Gasteiger partial charge >= 0.3 is 0 Å². The van der Waals surface area contributed by atoms with Crippen LogP contribution in [0, 0.1) is 11.8 Å².